The molecule has 4 aromatic rings. The molecule has 0 aliphatic heterocycles. The molecule has 0 saturated heterocycles. The third-order valence-corrected chi connectivity index (χ3v) is 5.01. The zero-order valence-corrected chi connectivity index (χ0v) is 14.3. The van der Waals surface area contributed by atoms with Gasteiger partial charge in [-0.15, -0.1) is 0 Å². The van der Waals surface area contributed by atoms with E-state index in [1.165, 1.54) is 0 Å². The maximum atomic E-state index is 11.7. The van der Waals surface area contributed by atoms with Crippen LogP contribution in [0.1, 0.15) is 13.3 Å². The number of carbonyl (C=O) groups excluding carboxylic acids is 2. The lowest BCUT2D eigenvalue weighted by Crippen LogP contribution is -2.21. The molecule has 1 amide bonds. The Hall–Kier alpha value is -2.99. The van der Waals surface area contributed by atoms with Crippen molar-refractivity contribution in [1.29, 1.82) is 0 Å². The highest BCUT2D eigenvalue weighted by molar-refractivity contribution is 7.23. The van der Waals surface area contributed by atoms with E-state index in [2.05, 4.69) is 5.32 Å². The van der Waals surface area contributed by atoms with E-state index in [9.17, 15) is 9.59 Å². The van der Waals surface area contributed by atoms with Crippen molar-refractivity contribution in [3.05, 3.63) is 54.7 Å². The van der Waals surface area contributed by atoms with E-state index in [1.807, 2.05) is 53.1 Å². The van der Waals surface area contributed by atoms with E-state index in [0.717, 1.165) is 26.4 Å². The van der Waals surface area contributed by atoms with Gasteiger partial charge in [-0.05, 0) is 18.2 Å². The van der Waals surface area contributed by atoms with Crippen molar-refractivity contribution in [3.8, 4) is 11.3 Å². The second-order valence-corrected chi connectivity index (χ2v) is 6.67. The molecule has 0 spiro atoms. The Morgan fingerprint density at radius 1 is 1.16 bits per heavy atom. The second kappa shape index (κ2) is 6.14. The van der Waals surface area contributed by atoms with E-state index in [4.69, 9.17) is 4.98 Å². The zero-order valence-electron chi connectivity index (χ0n) is 13.5. The molecule has 0 aliphatic rings. The first-order valence-corrected chi connectivity index (χ1v) is 8.78. The van der Waals surface area contributed by atoms with Gasteiger partial charge in [-0.1, -0.05) is 48.6 Å². The first kappa shape index (κ1) is 15.5. The standard InChI is InChI=1S/C19H15N3O2S/c1-2-16(23)18(24)20-13-8-9-15-17(10-13)25-19-21-14(11-22(15)19)12-6-4-3-5-7-12/h3-11H,2H2,1H3,(H,20,24). The van der Waals surface area contributed by atoms with Crippen LogP contribution in [0.5, 0.6) is 0 Å². The zero-order chi connectivity index (χ0) is 17.4. The Morgan fingerprint density at radius 2 is 1.96 bits per heavy atom. The molecule has 2 aromatic heterocycles. The van der Waals surface area contributed by atoms with Crippen LogP contribution < -0.4 is 5.32 Å². The Balaban J connectivity index is 1.71. The van der Waals surface area contributed by atoms with Crippen molar-refractivity contribution in [2.45, 2.75) is 13.3 Å². The summed E-state index contributed by atoms with van der Waals surface area (Å²) in [7, 11) is 0. The van der Waals surface area contributed by atoms with Gasteiger partial charge in [-0.3, -0.25) is 14.0 Å². The molecule has 2 aromatic carbocycles. The van der Waals surface area contributed by atoms with E-state index in [0.29, 0.717) is 5.69 Å². The largest absolute Gasteiger partial charge is 0.319 e. The number of anilines is 1. The molecule has 0 fully saturated rings. The van der Waals surface area contributed by atoms with Crippen molar-refractivity contribution in [2.24, 2.45) is 0 Å². The van der Waals surface area contributed by atoms with Crippen LogP contribution >= 0.6 is 11.3 Å². The Bertz CT molecular complexity index is 1100. The summed E-state index contributed by atoms with van der Waals surface area (Å²) in [4.78, 5) is 28.7. The molecule has 0 radical (unpaired) electrons. The molecule has 0 bridgehead atoms. The third-order valence-electron chi connectivity index (χ3n) is 4.00. The molecule has 5 nitrogen and oxygen atoms in total. The maximum absolute atomic E-state index is 11.7. The molecular formula is C19H15N3O2S. The van der Waals surface area contributed by atoms with Crippen LogP contribution in [0.15, 0.2) is 54.7 Å². The number of amides is 1. The minimum Gasteiger partial charge on any atom is -0.319 e. The topological polar surface area (TPSA) is 63.5 Å². The van der Waals surface area contributed by atoms with Crippen molar-refractivity contribution in [3.63, 3.8) is 0 Å². The van der Waals surface area contributed by atoms with Crippen molar-refractivity contribution >= 4 is 43.9 Å². The lowest BCUT2D eigenvalue weighted by atomic mass is 10.2. The van der Waals surface area contributed by atoms with E-state index >= 15 is 0 Å². The highest BCUT2D eigenvalue weighted by atomic mass is 32.1. The van der Waals surface area contributed by atoms with Crippen molar-refractivity contribution < 1.29 is 9.59 Å². The summed E-state index contributed by atoms with van der Waals surface area (Å²) in [6, 6.07) is 15.6. The Labute approximate surface area is 147 Å². The molecule has 4 rings (SSSR count). The molecule has 124 valence electrons. The van der Waals surface area contributed by atoms with Crippen LogP contribution in [0, 0.1) is 0 Å². The van der Waals surface area contributed by atoms with Gasteiger partial charge in [0.15, 0.2) is 4.96 Å². The first-order chi connectivity index (χ1) is 12.2. The molecule has 0 atom stereocenters. The van der Waals surface area contributed by atoms with E-state index in [1.54, 1.807) is 24.3 Å². The molecule has 0 unspecified atom stereocenters. The average Bonchev–Trinajstić information content (AvgIpc) is 3.19. The number of nitrogens with one attached hydrogen (secondary N) is 1. The second-order valence-electron chi connectivity index (χ2n) is 5.66. The van der Waals surface area contributed by atoms with Gasteiger partial charge in [-0.2, -0.15) is 0 Å². The molecule has 1 N–H and O–H groups in total. The van der Waals surface area contributed by atoms with E-state index in [-0.39, 0.29) is 6.42 Å². The first-order valence-electron chi connectivity index (χ1n) is 7.97. The number of hydrogen-bond acceptors (Lipinski definition) is 4. The van der Waals surface area contributed by atoms with Gasteiger partial charge in [0.2, 0.25) is 5.78 Å². The van der Waals surface area contributed by atoms with Gasteiger partial charge in [0.25, 0.3) is 5.91 Å². The fourth-order valence-corrected chi connectivity index (χ4v) is 3.74. The minimum atomic E-state index is -0.574. The quantitative estimate of drug-likeness (QED) is 0.563. The predicted molar refractivity (Wildman–Crippen MR) is 99.9 cm³/mol. The number of ketones is 1. The van der Waals surface area contributed by atoms with Crippen molar-refractivity contribution in [1.82, 2.24) is 9.38 Å². The summed E-state index contributed by atoms with van der Waals surface area (Å²) in [5, 5.41) is 2.65. The molecule has 25 heavy (non-hydrogen) atoms. The minimum absolute atomic E-state index is 0.198. The van der Waals surface area contributed by atoms with Crippen LogP contribution in [0.3, 0.4) is 0 Å². The predicted octanol–water partition coefficient (Wildman–Crippen LogP) is 4.13. The number of Topliss-reactive ketones (excluding diaryl/α,β-unsaturated/α-hetero) is 1. The molecular weight excluding hydrogens is 334 g/mol. The summed E-state index contributed by atoms with van der Waals surface area (Å²) in [6.45, 7) is 1.67. The van der Waals surface area contributed by atoms with Crippen molar-refractivity contribution in [2.75, 3.05) is 5.32 Å². The summed E-state index contributed by atoms with van der Waals surface area (Å²) in [5.41, 5.74) is 3.65. The molecule has 2 heterocycles. The monoisotopic (exact) mass is 349 g/mol. The SMILES string of the molecule is CCC(=O)C(=O)Nc1ccc2c(c1)sc1nc(-c3ccccc3)cn12. The molecule has 0 aliphatic carbocycles. The average molecular weight is 349 g/mol. The Kier molecular flexibility index (Phi) is 3.82. The number of rotatable bonds is 4. The number of nitrogens with zero attached hydrogens (tertiary/aromatic N) is 2. The fourth-order valence-electron chi connectivity index (χ4n) is 2.69. The van der Waals surface area contributed by atoms with Gasteiger partial charge in [0.05, 0.1) is 15.9 Å². The number of carbonyl (C=O) groups is 2. The maximum Gasteiger partial charge on any atom is 0.291 e. The van der Waals surface area contributed by atoms with Gasteiger partial charge < -0.3 is 5.32 Å². The molecule has 0 saturated carbocycles. The molecule has 6 heteroatoms. The van der Waals surface area contributed by atoms with Crippen LogP contribution in [0.25, 0.3) is 26.4 Å². The van der Waals surface area contributed by atoms with E-state index < -0.39 is 11.7 Å². The van der Waals surface area contributed by atoms with Gasteiger partial charge in [0, 0.05) is 23.9 Å². The number of imidazole rings is 1. The highest BCUT2D eigenvalue weighted by Gasteiger charge is 2.13. The Morgan fingerprint density at radius 3 is 2.72 bits per heavy atom. The number of aromatic nitrogens is 2. The van der Waals surface area contributed by atoms with Gasteiger partial charge >= 0.3 is 0 Å². The summed E-state index contributed by atoms with van der Waals surface area (Å²) < 4.78 is 3.05. The lowest BCUT2D eigenvalue weighted by molar-refractivity contribution is -0.134. The lowest BCUT2D eigenvalue weighted by Gasteiger charge is -2.03. The number of hydrogen-bond donors (Lipinski definition) is 1. The number of fused-ring (bicyclic) bond motifs is 3. The number of benzene rings is 2. The summed E-state index contributed by atoms with van der Waals surface area (Å²) >= 11 is 1.55. The normalized spacial score (nSPS) is 11.1. The fraction of sp³-hybridized carbons (Fsp3) is 0.105. The smallest absolute Gasteiger partial charge is 0.291 e. The van der Waals surface area contributed by atoms with Crippen LogP contribution in [-0.4, -0.2) is 21.1 Å². The third kappa shape index (κ3) is 2.81. The van der Waals surface area contributed by atoms with Gasteiger partial charge in [0.1, 0.15) is 0 Å². The van der Waals surface area contributed by atoms with Crippen LogP contribution in [0.2, 0.25) is 0 Å². The van der Waals surface area contributed by atoms with Crippen LogP contribution in [-0.2, 0) is 9.59 Å². The summed E-state index contributed by atoms with van der Waals surface area (Å²) in [5.74, 6) is -0.997. The van der Waals surface area contributed by atoms with Gasteiger partial charge in [-0.25, -0.2) is 4.98 Å². The van der Waals surface area contributed by atoms with Crippen LogP contribution in [0.4, 0.5) is 5.69 Å². The highest BCUT2D eigenvalue weighted by Crippen LogP contribution is 2.31. The number of thiazole rings is 1. The summed E-state index contributed by atoms with van der Waals surface area (Å²) in [6.07, 6.45) is 2.21.